The van der Waals surface area contributed by atoms with Crippen molar-refractivity contribution in [1.82, 2.24) is 25.1 Å². The summed E-state index contributed by atoms with van der Waals surface area (Å²) in [5.74, 6) is 0.872. The van der Waals surface area contributed by atoms with E-state index in [1.165, 1.54) is 0 Å². The van der Waals surface area contributed by atoms with Crippen molar-refractivity contribution < 1.29 is 9.53 Å². The highest BCUT2D eigenvalue weighted by molar-refractivity contribution is 5.78. The summed E-state index contributed by atoms with van der Waals surface area (Å²) in [6.07, 6.45) is 2.24. The van der Waals surface area contributed by atoms with Crippen LogP contribution in [0.2, 0.25) is 0 Å². The minimum absolute atomic E-state index is 0.142. The van der Waals surface area contributed by atoms with Crippen molar-refractivity contribution in [3.8, 4) is 5.69 Å². The lowest BCUT2D eigenvalue weighted by molar-refractivity contribution is -0.132. The summed E-state index contributed by atoms with van der Waals surface area (Å²) in [4.78, 5) is 14.3. The van der Waals surface area contributed by atoms with Crippen LogP contribution < -0.4 is 0 Å². The first-order valence-corrected chi connectivity index (χ1v) is 7.83. The lowest BCUT2D eigenvalue weighted by atomic mass is 10.1. The fourth-order valence-corrected chi connectivity index (χ4v) is 2.80. The fourth-order valence-electron chi connectivity index (χ4n) is 2.80. The largest absolute Gasteiger partial charge is 0.381 e. The van der Waals surface area contributed by atoms with Crippen molar-refractivity contribution in [3.05, 3.63) is 35.7 Å². The van der Waals surface area contributed by atoms with E-state index < -0.39 is 0 Å². The van der Waals surface area contributed by atoms with Crippen LogP contribution in [0.4, 0.5) is 0 Å². The predicted molar refractivity (Wildman–Crippen MR) is 84.2 cm³/mol. The van der Waals surface area contributed by atoms with Gasteiger partial charge < -0.3 is 9.64 Å². The van der Waals surface area contributed by atoms with Gasteiger partial charge in [-0.1, -0.05) is 12.1 Å². The second-order valence-electron chi connectivity index (χ2n) is 5.83. The second kappa shape index (κ2) is 6.87. The zero-order valence-corrected chi connectivity index (χ0v) is 13.5. The first-order valence-electron chi connectivity index (χ1n) is 7.83. The van der Waals surface area contributed by atoms with Crippen LogP contribution in [0.15, 0.2) is 24.3 Å². The Morgan fingerprint density at radius 1 is 1.30 bits per heavy atom. The third-order valence-electron chi connectivity index (χ3n) is 4.29. The summed E-state index contributed by atoms with van der Waals surface area (Å²) < 4.78 is 7.02. The molecule has 0 atom stereocenters. The van der Waals surface area contributed by atoms with Crippen LogP contribution in [0.1, 0.15) is 24.2 Å². The van der Waals surface area contributed by atoms with Crippen LogP contribution >= 0.6 is 0 Å². The van der Waals surface area contributed by atoms with Gasteiger partial charge in [0.15, 0.2) is 5.82 Å². The molecular weight excluding hydrogens is 294 g/mol. The van der Waals surface area contributed by atoms with Crippen LogP contribution in [0, 0.1) is 6.92 Å². The standard InChI is InChI=1S/C16H21N5O2/c1-12-17-18-19-21(12)15-5-3-13(4-6-15)11-16(22)20(2)14-7-9-23-10-8-14/h3-6,14H,7-11H2,1-2H3. The predicted octanol–water partition coefficient (Wildman–Crippen LogP) is 1.15. The number of benzene rings is 1. The van der Waals surface area contributed by atoms with Gasteiger partial charge in [0, 0.05) is 26.3 Å². The number of aromatic nitrogens is 4. The number of aryl methyl sites for hydroxylation is 1. The smallest absolute Gasteiger partial charge is 0.226 e. The molecule has 0 saturated carbocycles. The van der Waals surface area contributed by atoms with E-state index in [0.29, 0.717) is 12.5 Å². The highest BCUT2D eigenvalue weighted by Crippen LogP contribution is 2.15. The molecule has 7 nitrogen and oxygen atoms in total. The fraction of sp³-hybridized carbons (Fsp3) is 0.500. The number of rotatable bonds is 4. The molecule has 2 heterocycles. The number of carbonyl (C=O) groups is 1. The first-order chi connectivity index (χ1) is 11.1. The summed E-state index contributed by atoms with van der Waals surface area (Å²) >= 11 is 0. The van der Waals surface area contributed by atoms with Crippen molar-refractivity contribution in [3.63, 3.8) is 0 Å². The maximum atomic E-state index is 12.4. The Labute approximate surface area is 135 Å². The minimum Gasteiger partial charge on any atom is -0.381 e. The Balaban J connectivity index is 1.63. The number of nitrogens with zero attached hydrogens (tertiary/aromatic N) is 5. The van der Waals surface area contributed by atoms with Crippen LogP contribution in [-0.4, -0.2) is 57.3 Å². The molecule has 1 aliphatic rings. The van der Waals surface area contributed by atoms with E-state index in [1.807, 2.05) is 43.1 Å². The SMILES string of the molecule is Cc1nnnn1-c1ccc(CC(=O)N(C)C2CCOCC2)cc1. The second-order valence-corrected chi connectivity index (χ2v) is 5.83. The maximum absolute atomic E-state index is 12.4. The van der Waals surface area contributed by atoms with Gasteiger partial charge in [-0.2, -0.15) is 4.68 Å². The van der Waals surface area contributed by atoms with Crippen molar-refractivity contribution in [1.29, 1.82) is 0 Å². The highest BCUT2D eigenvalue weighted by atomic mass is 16.5. The van der Waals surface area contributed by atoms with Gasteiger partial charge >= 0.3 is 0 Å². The van der Waals surface area contributed by atoms with E-state index >= 15 is 0 Å². The van der Waals surface area contributed by atoms with Crippen molar-refractivity contribution in [2.75, 3.05) is 20.3 Å². The van der Waals surface area contributed by atoms with E-state index in [0.717, 1.165) is 43.1 Å². The Morgan fingerprint density at radius 3 is 2.61 bits per heavy atom. The number of tetrazole rings is 1. The molecule has 1 amide bonds. The average Bonchev–Trinajstić information content (AvgIpc) is 3.01. The van der Waals surface area contributed by atoms with Gasteiger partial charge in [0.1, 0.15) is 0 Å². The van der Waals surface area contributed by atoms with E-state index in [2.05, 4.69) is 15.5 Å². The molecule has 1 fully saturated rings. The Hall–Kier alpha value is -2.28. The van der Waals surface area contributed by atoms with Crippen LogP contribution in [0.5, 0.6) is 0 Å². The van der Waals surface area contributed by atoms with Crippen LogP contribution in [0.25, 0.3) is 5.69 Å². The Morgan fingerprint density at radius 2 is 2.00 bits per heavy atom. The zero-order valence-electron chi connectivity index (χ0n) is 13.5. The van der Waals surface area contributed by atoms with E-state index in [9.17, 15) is 4.79 Å². The minimum atomic E-state index is 0.142. The van der Waals surface area contributed by atoms with Crippen molar-refractivity contribution in [2.45, 2.75) is 32.2 Å². The molecule has 1 aliphatic heterocycles. The number of ether oxygens (including phenoxy) is 1. The summed E-state index contributed by atoms with van der Waals surface area (Å²) in [6.45, 7) is 3.32. The summed E-state index contributed by atoms with van der Waals surface area (Å²) in [5, 5.41) is 11.4. The molecule has 0 spiro atoms. The molecule has 0 unspecified atom stereocenters. The van der Waals surface area contributed by atoms with Gasteiger partial charge in [0.05, 0.1) is 12.1 Å². The molecule has 1 aromatic heterocycles. The third kappa shape index (κ3) is 3.56. The molecule has 1 saturated heterocycles. The summed E-state index contributed by atoms with van der Waals surface area (Å²) in [6, 6.07) is 8.05. The van der Waals surface area contributed by atoms with Gasteiger partial charge in [-0.25, -0.2) is 0 Å². The third-order valence-corrected chi connectivity index (χ3v) is 4.29. The first kappa shape index (κ1) is 15.6. The van der Waals surface area contributed by atoms with Gasteiger partial charge in [-0.05, 0) is 47.9 Å². The lowest BCUT2D eigenvalue weighted by Crippen LogP contribution is -2.41. The number of hydrogen-bond donors (Lipinski definition) is 0. The van der Waals surface area contributed by atoms with Crippen molar-refractivity contribution >= 4 is 5.91 Å². The van der Waals surface area contributed by atoms with E-state index in [-0.39, 0.29) is 5.91 Å². The van der Waals surface area contributed by atoms with Gasteiger partial charge in [0.25, 0.3) is 0 Å². The average molecular weight is 315 g/mol. The van der Waals surface area contributed by atoms with Crippen LogP contribution in [0.3, 0.4) is 0 Å². The number of hydrogen-bond acceptors (Lipinski definition) is 5. The summed E-state index contributed by atoms with van der Waals surface area (Å²) in [7, 11) is 1.89. The number of likely N-dealkylation sites (N-methyl/N-ethyl adjacent to an activating group) is 1. The van der Waals surface area contributed by atoms with Gasteiger partial charge in [-0.15, -0.1) is 5.10 Å². The molecule has 0 aliphatic carbocycles. The molecule has 3 rings (SSSR count). The normalized spacial score (nSPS) is 15.6. The quantitative estimate of drug-likeness (QED) is 0.846. The molecule has 0 radical (unpaired) electrons. The Bertz CT molecular complexity index is 661. The number of amides is 1. The maximum Gasteiger partial charge on any atom is 0.226 e. The van der Waals surface area contributed by atoms with Gasteiger partial charge in [0.2, 0.25) is 5.91 Å². The topological polar surface area (TPSA) is 73.1 Å². The molecule has 122 valence electrons. The Kier molecular flexibility index (Phi) is 4.66. The lowest BCUT2D eigenvalue weighted by Gasteiger charge is -2.31. The zero-order chi connectivity index (χ0) is 16.2. The molecule has 2 aromatic rings. The molecule has 0 N–H and O–H groups in total. The molecule has 1 aromatic carbocycles. The van der Waals surface area contributed by atoms with Crippen molar-refractivity contribution in [2.24, 2.45) is 0 Å². The van der Waals surface area contributed by atoms with E-state index in [1.54, 1.807) is 4.68 Å². The molecular formula is C16H21N5O2. The van der Waals surface area contributed by atoms with Crippen LogP contribution in [-0.2, 0) is 16.0 Å². The number of carbonyl (C=O) groups excluding carboxylic acids is 1. The molecule has 7 heteroatoms. The monoisotopic (exact) mass is 315 g/mol. The molecule has 23 heavy (non-hydrogen) atoms. The summed E-state index contributed by atoms with van der Waals surface area (Å²) in [5.41, 5.74) is 1.88. The van der Waals surface area contributed by atoms with E-state index in [4.69, 9.17) is 4.74 Å². The molecule has 0 bridgehead atoms. The van der Waals surface area contributed by atoms with Gasteiger partial charge in [-0.3, -0.25) is 4.79 Å². The highest BCUT2D eigenvalue weighted by Gasteiger charge is 2.22.